The van der Waals surface area contributed by atoms with Crippen LogP contribution in [0.5, 0.6) is 0 Å². The number of rotatable bonds is 1. The minimum Gasteiger partial charge on any atom is -0.398 e. The molecule has 1 saturated heterocycles. The van der Waals surface area contributed by atoms with Crippen LogP contribution in [-0.4, -0.2) is 23.4 Å². The van der Waals surface area contributed by atoms with Gasteiger partial charge in [0, 0.05) is 18.3 Å². The van der Waals surface area contributed by atoms with Gasteiger partial charge in [-0.25, -0.2) is 0 Å². The first-order valence-electron chi connectivity index (χ1n) is 6.66. The van der Waals surface area contributed by atoms with E-state index in [1.807, 2.05) is 30.0 Å². The number of piperidine rings is 1. The van der Waals surface area contributed by atoms with Crippen LogP contribution in [0.15, 0.2) is 18.2 Å². The van der Waals surface area contributed by atoms with E-state index in [4.69, 9.17) is 5.73 Å². The zero-order valence-electron chi connectivity index (χ0n) is 11.4. The molecule has 2 N–H and O–H groups in total. The number of anilines is 1. The summed E-state index contributed by atoms with van der Waals surface area (Å²) in [5, 5.41) is 0. The van der Waals surface area contributed by atoms with Crippen LogP contribution < -0.4 is 5.73 Å². The first-order valence-corrected chi connectivity index (χ1v) is 6.66. The van der Waals surface area contributed by atoms with Gasteiger partial charge in [0.15, 0.2) is 0 Å². The van der Waals surface area contributed by atoms with E-state index in [0.717, 1.165) is 24.9 Å². The zero-order chi connectivity index (χ0) is 13.3. The molecule has 1 fully saturated rings. The molecule has 3 nitrogen and oxygen atoms in total. The standard InChI is InChI=1S/C15H22N2O/c1-10-4-5-14(16)13(9-10)15(18)17-7-6-11(2)8-12(17)3/h4-5,9,11-12H,6-8,16H2,1-3H3. The van der Waals surface area contributed by atoms with Crippen molar-refractivity contribution in [1.29, 1.82) is 0 Å². The van der Waals surface area contributed by atoms with E-state index in [1.54, 1.807) is 0 Å². The molecular formula is C15H22N2O. The second-order valence-electron chi connectivity index (χ2n) is 5.57. The highest BCUT2D eigenvalue weighted by atomic mass is 16.2. The highest BCUT2D eigenvalue weighted by molar-refractivity contribution is 5.99. The van der Waals surface area contributed by atoms with Crippen LogP contribution >= 0.6 is 0 Å². The van der Waals surface area contributed by atoms with Crippen LogP contribution in [0.3, 0.4) is 0 Å². The van der Waals surface area contributed by atoms with Crippen molar-refractivity contribution in [2.24, 2.45) is 5.92 Å². The second kappa shape index (κ2) is 5.01. The van der Waals surface area contributed by atoms with Crippen LogP contribution in [0.25, 0.3) is 0 Å². The highest BCUT2D eigenvalue weighted by Crippen LogP contribution is 2.25. The molecule has 98 valence electrons. The van der Waals surface area contributed by atoms with E-state index in [9.17, 15) is 4.79 Å². The number of hydrogen-bond acceptors (Lipinski definition) is 2. The number of nitrogen functional groups attached to an aromatic ring is 1. The van der Waals surface area contributed by atoms with Gasteiger partial charge in [0.05, 0.1) is 5.56 Å². The van der Waals surface area contributed by atoms with Gasteiger partial charge in [-0.1, -0.05) is 18.6 Å². The van der Waals surface area contributed by atoms with Gasteiger partial charge in [-0.05, 0) is 44.7 Å². The Morgan fingerprint density at radius 1 is 1.39 bits per heavy atom. The molecule has 0 aliphatic carbocycles. The van der Waals surface area contributed by atoms with Gasteiger partial charge < -0.3 is 10.6 Å². The number of nitrogens with zero attached hydrogens (tertiary/aromatic N) is 1. The van der Waals surface area contributed by atoms with Crippen LogP contribution in [0.1, 0.15) is 42.6 Å². The van der Waals surface area contributed by atoms with Crippen LogP contribution in [0.4, 0.5) is 5.69 Å². The fraction of sp³-hybridized carbons (Fsp3) is 0.533. The van der Waals surface area contributed by atoms with Crippen LogP contribution in [0.2, 0.25) is 0 Å². The molecule has 0 spiro atoms. The lowest BCUT2D eigenvalue weighted by atomic mass is 9.92. The molecule has 2 unspecified atom stereocenters. The van der Waals surface area contributed by atoms with Gasteiger partial charge in [-0.2, -0.15) is 0 Å². The van der Waals surface area contributed by atoms with Gasteiger partial charge >= 0.3 is 0 Å². The normalized spacial score (nSPS) is 24.1. The molecule has 1 aromatic rings. The largest absolute Gasteiger partial charge is 0.398 e. The summed E-state index contributed by atoms with van der Waals surface area (Å²) in [6.07, 6.45) is 2.17. The summed E-state index contributed by atoms with van der Waals surface area (Å²) >= 11 is 0. The zero-order valence-corrected chi connectivity index (χ0v) is 11.4. The number of likely N-dealkylation sites (tertiary alicyclic amines) is 1. The Morgan fingerprint density at radius 3 is 2.78 bits per heavy atom. The lowest BCUT2D eigenvalue weighted by Crippen LogP contribution is -2.44. The minimum atomic E-state index is 0.0793. The molecule has 0 bridgehead atoms. The summed E-state index contributed by atoms with van der Waals surface area (Å²) in [6, 6.07) is 5.96. The van der Waals surface area contributed by atoms with Crippen LogP contribution in [0, 0.1) is 12.8 Å². The van der Waals surface area contributed by atoms with Crippen LogP contribution in [-0.2, 0) is 0 Å². The van der Waals surface area contributed by atoms with E-state index in [-0.39, 0.29) is 5.91 Å². The van der Waals surface area contributed by atoms with Gasteiger partial charge in [0.1, 0.15) is 0 Å². The Hall–Kier alpha value is -1.51. The predicted molar refractivity (Wildman–Crippen MR) is 74.5 cm³/mol. The summed E-state index contributed by atoms with van der Waals surface area (Å²) in [5.74, 6) is 0.787. The molecule has 1 amide bonds. The van der Waals surface area contributed by atoms with Crippen molar-refractivity contribution >= 4 is 11.6 Å². The lowest BCUT2D eigenvalue weighted by molar-refractivity contribution is 0.0589. The van der Waals surface area contributed by atoms with Gasteiger partial charge in [-0.15, -0.1) is 0 Å². The van der Waals surface area contributed by atoms with Gasteiger partial charge in [0.25, 0.3) is 5.91 Å². The topological polar surface area (TPSA) is 46.3 Å². The molecular weight excluding hydrogens is 224 g/mol. The number of amides is 1. The van der Waals surface area contributed by atoms with E-state index in [0.29, 0.717) is 23.2 Å². The van der Waals surface area contributed by atoms with Crippen molar-refractivity contribution < 1.29 is 4.79 Å². The lowest BCUT2D eigenvalue weighted by Gasteiger charge is -2.36. The maximum atomic E-state index is 12.5. The molecule has 0 radical (unpaired) electrons. The van der Waals surface area contributed by atoms with E-state index < -0.39 is 0 Å². The Kier molecular flexibility index (Phi) is 3.60. The molecule has 3 heteroatoms. The third-order valence-electron chi connectivity index (χ3n) is 3.84. The number of carbonyl (C=O) groups is 1. The maximum absolute atomic E-state index is 12.5. The number of hydrogen-bond donors (Lipinski definition) is 1. The number of carbonyl (C=O) groups excluding carboxylic acids is 1. The fourth-order valence-corrected chi connectivity index (χ4v) is 2.72. The van der Waals surface area contributed by atoms with Crippen molar-refractivity contribution in [3.63, 3.8) is 0 Å². The predicted octanol–water partition coefficient (Wildman–Crippen LogP) is 2.84. The maximum Gasteiger partial charge on any atom is 0.256 e. The minimum absolute atomic E-state index is 0.0793. The third kappa shape index (κ3) is 2.50. The Bertz CT molecular complexity index is 456. The molecule has 1 aliphatic heterocycles. The third-order valence-corrected chi connectivity index (χ3v) is 3.84. The van der Waals surface area contributed by atoms with Crippen molar-refractivity contribution in [1.82, 2.24) is 4.90 Å². The van der Waals surface area contributed by atoms with Crippen molar-refractivity contribution in [2.45, 2.75) is 39.7 Å². The quantitative estimate of drug-likeness (QED) is 0.774. The van der Waals surface area contributed by atoms with E-state index in [2.05, 4.69) is 13.8 Å². The van der Waals surface area contributed by atoms with Crippen molar-refractivity contribution in [3.05, 3.63) is 29.3 Å². The summed E-state index contributed by atoms with van der Waals surface area (Å²) in [7, 11) is 0. The molecule has 18 heavy (non-hydrogen) atoms. The monoisotopic (exact) mass is 246 g/mol. The highest BCUT2D eigenvalue weighted by Gasteiger charge is 2.28. The number of benzene rings is 1. The smallest absolute Gasteiger partial charge is 0.256 e. The first-order chi connectivity index (χ1) is 8.49. The Labute approximate surface area is 109 Å². The summed E-state index contributed by atoms with van der Waals surface area (Å²) in [5.41, 5.74) is 8.23. The second-order valence-corrected chi connectivity index (χ2v) is 5.57. The van der Waals surface area contributed by atoms with Gasteiger partial charge in [-0.3, -0.25) is 4.79 Å². The SMILES string of the molecule is Cc1ccc(N)c(C(=O)N2CCC(C)CC2C)c1. The summed E-state index contributed by atoms with van der Waals surface area (Å²) in [4.78, 5) is 14.5. The Morgan fingerprint density at radius 2 is 2.11 bits per heavy atom. The average Bonchev–Trinajstić information content (AvgIpc) is 2.31. The molecule has 1 aliphatic rings. The molecule has 0 saturated carbocycles. The number of nitrogens with two attached hydrogens (primary N) is 1. The molecule has 2 atom stereocenters. The molecule has 1 aromatic carbocycles. The van der Waals surface area contributed by atoms with E-state index in [1.165, 1.54) is 0 Å². The fourth-order valence-electron chi connectivity index (χ4n) is 2.72. The average molecular weight is 246 g/mol. The summed E-state index contributed by atoms with van der Waals surface area (Å²) in [6.45, 7) is 7.20. The van der Waals surface area contributed by atoms with Crippen molar-refractivity contribution in [2.75, 3.05) is 12.3 Å². The number of aryl methyl sites for hydroxylation is 1. The van der Waals surface area contributed by atoms with Gasteiger partial charge in [0.2, 0.25) is 0 Å². The van der Waals surface area contributed by atoms with E-state index >= 15 is 0 Å². The summed E-state index contributed by atoms with van der Waals surface area (Å²) < 4.78 is 0. The first kappa shape index (κ1) is 12.9. The Balaban J connectivity index is 2.23. The molecule has 1 heterocycles. The molecule has 0 aromatic heterocycles. The molecule has 2 rings (SSSR count). The van der Waals surface area contributed by atoms with Crippen molar-refractivity contribution in [3.8, 4) is 0 Å².